The molecule has 33 heavy (non-hydrogen) atoms. The minimum atomic E-state index is -0.664. The maximum absolute atomic E-state index is 12.6. The van der Waals surface area contributed by atoms with Gasteiger partial charge < -0.3 is 14.8 Å². The Kier molecular flexibility index (Phi) is 5.43. The van der Waals surface area contributed by atoms with E-state index in [9.17, 15) is 19.2 Å². The van der Waals surface area contributed by atoms with E-state index in [0.717, 1.165) is 11.1 Å². The Morgan fingerprint density at radius 2 is 1.76 bits per heavy atom. The predicted octanol–water partition coefficient (Wildman–Crippen LogP) is 1.54. The number of carbonyl (C=O) groups is 4. The number of nitrogens with one attached hydrogen (secondary N) is 3. The minimum Gasteiger partial charge on any atom is -0.486 e. The van der Waals surface area contributed by atoms with Crippen molar-refractivity contribution in [3.05, 3.63) is 53.1 Å². The maximum Gasteiger partial charge on any atom is 0.326 e. The normalized spacial score (nSPS) is 19.5. The molecule has 2 aromatic rings. The highest BCUT2D eigenvalue weighted by molar-refractivity contribution is 6.08. The topological polar surface area (TPSA) is 126 Å². The zero-order valence-corrected chi connectivity index (χ0v) is 17.7. The zero-order chi connectivity index (χ0) is 22.9. The number of imide groups is 2. The first-order chi connectivity index (χ1) is 16.0. The first kappa shape index (κ1) is 21.0. The number of rotatable bonds is 3. The largest absolute Gasteiger partial charge is 0.486 e. The Bertz CT molecular complexity index is 1160. The molecule has 3 aliphatic rings. The summed E-state index contributed by atoms with van der Waals surface area (Å²) in [6.07, 6.45) is 0.793. The quantitative estimate of drug-likeness (QED) is 0.606. The highest BCUT2D eigenvalue weighted by Crippen LogP contribution is 2.32. The molecule has 3 heterocycles. The van der Waals surface area contributed by atoms with E-state index in [1.165, 1.54) is 0 Å². The Labute approximate surface area is 189 Å². The van der Waals surface area contributed by atoms with Crippen LogP contribution < -0.4 is 25.4 Å². The van der Waals surface area contributed by atoms with Crippen LogP contribution in [0.4, 0.5) is 10.5 Å². The van der Waals surface area contributed by atoms with Crippen molar-refractivity contribution in [1.82, 2.24) is 15.5 Å². The summed E-state index contributed by atoms with van der Waals surface area (Å²) >= 11 is 0. The van der Waals surface area contributed by atoms with Gasteiger partial charge in [0.25, 0.3) is 5.91 Å². The van der Waals surface area contributed by atoms with Crippen LogP contribution in [0.15, 0.2) is 36.4 Å². The van der Waals surface area contributed by atoms with E-state index >= 15 is 0 Å². The van der Waals surface area contributed by atoms with E-state index in [-0.39, 0.29) is 17.9 Å². The van der Waals surface area contributed by atoms with Crippen LogP contribution in [-0.2, 0) is 22.7 Å². The number of ether oxygens (including phenoxy) is 2. The van der Waals surface area contributed by atoms with Crippen LogP contribution in [0.3, 0.4) is 0 Å². The number of hydrogen-bond donors (Lipinski definition) is 3. The molecule has 3 aliphatic heterocycles. The molecule has 5 rings (SSSR count). The fraction of sp³-hybridized carbons (Fsp3) is 0.304. The number of amides is 5. The number of piperidine rings is 1. The van der Waals surface area contributed by atoms with Crippen LogP contribution in [0.2, 0.25) is 0 Å². The molecule has 1 unspecified atom stereocenters. The van der Waals surface area contributed by atoms with Crippen molar-refractivity contribution in [1.29, 1.82) is 0 Å². The lowest BCUT2D eigenvalue weighted by atomic mass is 10.0. The molecule has 0 aliphatic carbocycles. The second-order valence-corrected chi connectivity index (χ2v) is 8.12. The van der Waals surface area contributed by atoms with Gasteiger partial charge in [-0.1, -0.05) is 6.07 Å². The molecule has 1 saturated heterocycles. The van der Waals surface area contributed by atoms with Crippen molar-refractivity contribution in [2.45, 2.75) is 32.0 Å². The van der Waals surface area contributed by atoms with Gasteiger partial charge in [-0.15, -0.1) is 0 Å². The van der Waals surface area contributed by atoms with Gasteiger partial charge in [-0.3, -0.25) is 29.9 Å². The highest BCUT2D eigenvalue weighted by atomic mass is 16.6. The summed E-state index contributed by atoms with van der Waals surface area (Å²) in [6, 6.07) is 9.17. The fourth-order valence-corrected chi connectivity index (χ4v) is 4.27. The van der Waals surface area contributed by atoms with E-state index in [1.807, 2.05) is 11.0 Å². The number of urea groups is 1. The monoisotopic (exact) mass is 450 g/mol. The van der Waals surface area contributed by atoms with Gasteiger partial charge >= 0.3 is 6.03 Å². The summed E-state index contributed by atoms with van der Waals surface area (Å²) in [5, 5.41) is 7.32. The molecule has 1 fully saturated rings. The molecule has 3 N–H and O–H groups in total. The van der Waals surface area contributed by atoms with Crippen LogP contribution >= 0.6 is 0 Å². The molecule has 0 saturated carbocycles. The van der Waals surface area contributed by atoms with Gasteiger partial charge in [0.1, 0.15) is 13.2 Å². The molecule has 170 valence electrons. The average Bonchev–Trinajstić information content (AvgIpc) is 3.22. The third-order valence-corrected chi connectivity index (χ3v) is 5.89. The molecule has 0 bridgehead atoms. The molecule has 0 spiro atoms. The number of anilines is 1. The summed E-state index contributed by atoms with van der Waals surface area (Å²) in [6.45, 7) is 1.96. The Morgan fingerprint density at radius 1 is 0.970 bits per heavy atom. The van der Waals surface area contributed by atoms with Gasteiger partial charge in [-0.25, -0.2) is 4.79 Å². The van der Waals surface area contributed by atoms with Crippen molar-refractivity contribution in [3.63, 3.8) is 0 Å². The van der Waals surface area contributed by atoms with E-state index in [0.29, 0.717) is 61.9 Å². The highest BCUT2D eigenvalue weighted by Gasteiger charge is 2.34. The van der Waals surface area contributed by atoms with Gasteiger partial charge in [0.2, 0.25) is 11.8 Å². The third kappa shape index (κ3) is 4.37. The standard InChI is InChI=1S/C23H22N4O6/c28-20-6-4-17(22(30)25-20)27-11-14-2-1-13(9-15(14)12-27)21(29)26-23(31)24-16-3-5-18-19(10-16)33-8-7-32-18/h1-3,5,9-10,17H,4,6-8,11-12H2,(H,25,28,30)(H2,24,26,29,31). The Morgan fingerprint density at radius 3 is 2.58 bits per heavy atom. The average molecular weight is 450 g/mol. The SMILES string of the molecule is O=C1CCC(N2Cc3ccc(C(=O)NC(=O)Nc4ccc5c(c4)OCCO5)cc3C2)C(=O)N1. The number of nitrogens with zero attached hydrogens (tertiary/aromatic N) is 1. The summed E-state index contributed by atoms with van der Waals surface area (Å²) in [5.74, 6) is 0.0684. The molecule has 0 aromatic heterocycles. The lowest BCUT2D eigenvalue weighted by Crippen LogP contribution is -2.50. The van der Waals surface area contributed by atoms with Crippen LogP contribution in [0.25, 0.3) is 0 Å². The number of carbonyl (C=O) groups excluding carboxylic acids is 4. The van der Waals surface area contributed by atoms with Gasteiger partial charge in [0.05, 0.1) is 6.04 Å². The van der Waals surface area contributed by atoms with E-state index in [4.69, 9.17) is 9.47 Å². The van der Waals surface area contributed by atoms with E-state index < -0.39 is 11.9 Å². The molecule has 5 amide bonds. The molecule has 10 heteroatoms. The first-order valence-electron chi connectivity index (χ1n) is 10.7. The van der Waals surface area contributed by atoms with Crippen molar-refractivity contribution in [2.75, 3.05) is 18.5 Å². The summed E-state index contributed by atoms with van der Waals surface area (Å²) in [4.78, 5) is 50.5. The second-order valence-electron chi connectivity index (χ2n) is 8.12. The van der Waals surface area contributed by atoms with E-state index in [2.05, 4.69) is 16.0 Å². The number of fused-ring (bicyclic) bond motifs is 2. The van der Waals surface area contributed by atoms with Crippen LogP contribution in [0, 0.1) is 0 Å². The molecule has 0 radical (unpaired) electrons. The predicted molar refractivity (Wildman–Crippen MR) is 116 cm³/mol. The zero-order valence-electron chi connectivity index (χ0n) is 17.7. The third-order valence-electron chi connectivity index (χ3n) is 5.89. The Hall–Kier alpha value is -3.92. The van der Waals surface area contributed by atoms with Gasteiger partial charge in [0, 0.05) is 36.8 Å². The minimum absolute atomic E-state index is 0.249. The molecule has 10 nitrogen and oxygen atoms in total. The summed E-state index contributed by atoms with van der Waals surface area (Å²) in [7, 11) is 0. The molecular weight excluding hydrogens is 428 g/mol. The number of benzene rings is 2. The van der Waals surface area contributed by atoms with Crippen LogP contribution in [0.1, 0.15) is 34.3 Å². The van der Waals surface area contributed by atoms with Gasteiger partial charge in [-0.05, 0) is 41.8 Å². The number of hydrogen-bond acceptors (Lipinski definition) is 7. The smallest absolute Gasteiger partial charge is 0.326 e. The lowest BCUT2D eigenvalue weighted by Gasteiger charge is -2.29. The van der Waals surface area contributed by atoms with Gasteiger partial charge in [0.15, 0.2) is 11.5 Å². The second kappa shape index (κ2) is 8.55. The molecular formula is C23H22N4O6. The molecule has 2 aromatic carbocycles. The van der Waals surface area contributed by atoms with Crippen LogP contribution in [0.5, 0.6) is 11.5 Å². The molecule has 1 atom stereocenters. The Balaban J connectivity index is 1.21. The van der Waals surface area contributed by atoms with Crippen molar-refractivity contribution >= 4 is 29.4 Å². The summed E-state index contributed by atoms with van der Waals surface area (Å²) < 4.78 is 10.9. The lowest BCUT2D eigenvalue weighted by molar-refractivity contribution is -0.137. The van der Waals surface area contributed by atoms with Crippen molar-refractivity contribution < 1.29 is 28.7 Å². The van der Waals surface area contributed by atoms with Crippen molar-refractivity contribution in [2.24, 2.45) is 0 Å². The van der Waals surface area contributed by atoms with Crippen molar-refractivity contribution in [3.8, 4) is 11.5 Å². The fourth-order valence-electron chi connectivity index (χ4n) is 4.27. The summed E-state index contributed by atoms with van der Waals surface area (Å²) in [5.41, 5.74) is 2.74. The first-order valence-corrected chi connectivity index (χ1v) is 10.7. The van der Waals surface area contributed by atoms with Crippen LogP contribution in [-0.4, -0.2) is 47.9 Å². The van der Waals surface area contributed by atoms with Gasteiger partial charge in [-0.2, -0.15) is 0 Å². The van der Waals surface area contributed by atoms with E-state index in [1.54, 1.807) is 30.3 Å². The maximum atomic E-state index is 12.6.